The van der Waals surface area contributed by atoms with Crippen LogP contribution in [0.15, 0.2) is 30.3 Å². The summed E-state index contributed by atoms with van der Waals surface area (Å²) in [5.74, 6) is 0. The summed E-state index contributed by atoms with van der Waals surface area (Å²) in [6, 6.07) is 11.2. The van der Waals surface area contributed by atoms with Gasteiger partial charge in [-0.2, -0.15) is 0 Å². The molecule has 3 atom stereocenters. The van der Waals surface area contributed by atoms with Crippen LogP contribution in [0.3, 0.4) is 0 Å². The average Bonchev–Trinajstić information content (AvgIpc) is 2.78. The van der Waals surface area contributed by atoms with E-state index in [9.17, 15) is 5.11 Å². The summed E-state index contributed by atoms with van der Waals surface area (Å²) in [5, 5.41) is 14.0. The number of piperidine rings is 1. The van der Waals surface area contributed by atoms with E-state index in [2.05, 4.69) is 47.5 Å². The second-order valence-electron chi connectivity index (χ2n) is 6.24. The minimum atomic E-state index is -0.190. The third kappa shape index (κ3) is 2.69. The highest BCUT2D eigenvalue weighted by atomic mass is 16.3. The van der Waals surface area contributed by atoms with Crippen molar-refractivity contribution in [2.45, 2.75) is 50.4 Å². The van der Waals surface area contributed by atoms with Gasteiger partial charge in [0.15, 0.2) is 0 Å². The Balaban J connectivity index is 1.69. The molecule has 2 fully saturated rings. The van der Waals surface area contributed by atoms with Gasteiger partial charge >= 0.3 is 0 Å². The molecule has 2 aliphatic heterocycles. The molecule has 3 rings (SSSR count). The number of hydrogen-bond acceptors (Lipinski definition) is 3. The Kier molecular flexibility index (Phi) is 3.61. The van der Waals surface area contributed by atoms with Crippen molar-refractivity contribution in [3.63, 3.8) is 0 Å². The molecule has 2 aliphatic rings. The zero-order valence-electron chi connectivity index (χ0n) is 11.7. The van der Waals surface area contributed by atoms with Crippen LogP contribution < -0.4 is 5.32 Å². The minimum Gasteiger partial charge on any atom is -0.391 e. The first-order valence-electron chi connectivity index (χ1n) is 7.40. The van der Waals surface area contributed by atoms with E-state index in [-0.39, 0.29) is 11.6 Å². The van der Waals surface area contributed by atoms with E-state index in [0.29, 0.717) is 6.04 Å². The van der Waals surface area contributed by atoms with Crippen LogP contribution in [0.4, 0.5) is 0 Å². The summed E-state index contributed by atoms with van der Waals surface area (Å²) in [6.07, 6.45) is 2.97. The van der Waals surface area contributed by atoms with Crippen molar-refractivity contribution in [3.05, 3.63) is 35.9 Å². The number of nitrogens with one attached hydrogen (secondary N) is 1. The predicted molar refractivity (Wildman–Crippen MR) is 76.9 cm³/mol. The lowest BCUT2D eigenvalue weighted by Gasteiger charge is -2.44. The summed E-state index contributed by atoms with van der Waals surface area (Å²) in [5.41, 5.74) is 1.30. The first kappa shape index (κ1) is 13.1. The lowest BCUT2D eigenvalue weighted by atomic mass is 9.84. The summed E-state index contributed by atoms with van der Waals surface area (Å²) < 4.78 is 0. The largest absolute Gasteiger partial charge is 0.391 e. The summed E-state index contributed by atoms with van der Waals surface area (Å²) in [7, 11) is 0. The molecule has 0 bridgehead atoms. The molecule has 2 heterocycles. The zero-order chi connectivity index (χ0) is 13.3. The third-order valence-corrected chi connectivity index (χ3v) is 4.67. The topological polar surface area (TPSA) is 35.5 Å². The molecule has 0 radical (unpaired) electrons. The van der Waals surface area contributed by atoms with Gasteiger partial charge in [0.25, 0.3) is 0 Å². The number of rotatable bonds is 2. The average molecular weight is 260 g/mol. The van der Waals surface area contributed by atoms with Crippen molar-refractivity contribution in [3.8, 4) is 0 Å². The molecular weight excluding hydrogens is 236 g/mol. The molecule has 2 N–H and O–H groups in total. The van der Waals surface area contributed by atoms with Gasteiger partial charge in [-0.05, 0) is 31.7 Å². The van der Waals surface area contributed by atoms with E-state index in [1.165, 1.54) is 12.0 Å². The van der Waals surface area contributed by atoms with Gasteiger partial charge in [0, 0.05) is 25.7 Å². The Morgan fingerprint density at radius 2 is 2.11 bits per heavy atom. The van der Waals surface area contributed by atoms with Crippen LogP contribution in [0.2, 0.25) is 0 Å². The van der Waals surface area contributed by atoms with E-state index in [0.717, 1.165) is 32.5 Å². The smallest absolute Gasteiger partial charge is 0.0746 e. The van der Waals surface area contributed by atoms with E-state index in [4.69, 9.17) is 0 Å². The highest BCUT2D eigenvalue weighted by molar-refractivity contribution is 5.15. The number of likely N-dealkylation sites (tertiary alicyclic amines) is 1. The monoisotopic (exact) mass is 260 g/mol. The Morgan fingerprint density at radius 1 is 1.32 bits per heavy atom. The normalized spacial score (nSPS) is 35.9. The fraction of sp³-hybridized carbons (Fsp3) is 0.625. The molecule has 0 aliphatic carbocycles. The highest BCUT2D eigenvalue weighted by Crippen LogP contribution is 2.33. The van der Waals surface area contributed by atoms with Crippen LogP contribution in [0.5, 0.6) is 0 Å². The molecule has 1 aromatic rings. The molecule has 1 spiro atoms. The van der Waals surface area contributed by atoms with Crippen molar-refractivity contribution in [1.82, 2.24) is 10.2 Å². The fourth-order valence-corrected chi connectivity index (χ4v) is 3.64. The van der Waals surface area contributed by atoms with Crippen molar-refractivity contribution in [2.75, 3.05) is 13.1 Å². The van der Waals surface area contributed by atoms with Crippen LogP contribution >= 0.6 is 0 Å². The second-order valence-corrected chi connectivity index (χ2v) is 6.24. The summed E-state index contributed by atoms with van der Waals surface area (Å²) >= 11 is 0. The van der Waals surface area contributed by atoms with Crippen molar-refractivity contribution < 1.29 is 5.11 Å². The van der Waals surface area contributed by atoms with Crippen molar-refractivity contribution in [2.24, 2.45) is 0 Å². The molecule has 0 saturated carbocycles. The second kappa shape index (κ2) is 5.23. The number of hydrogen-bond donors (Lipinski definition) is 2. The molecule has 104 valence electrons. The molecule has 3 unspecified atom stereocenters. The molecule has 0 aromatic heterocycles. The standard InChI is InChI=1S/C16H24N2O/c1-13-7-9-16(17-13)12-18(10-8-15(16)19)11-14-5-3-2-4-6-14/h2-6,13,15,17,19H,7-12H2,1H3. The first-order valence-corrected chi connectivity index (χ1v) is 7.40. The quantitative estimate of drug-likeness (QED) is 0.850. The van der Waals surface area contributed by atoms with Crippen molar-refractivity contribution >= 4 is 0 Å². The summed E-state index contributed by atoms with van der Waals surface area (Å²) in [6.45, 7) is 5.17. The van der Waals surface area contributed by atoms with E-state index < -0.39 is 0 Å². The molecule has 3 nitrogen and oxygen atoms in total. The third-order valence-electron chi connectivity index (χ3n) is 4.67. The van der Waals surface area contributed by atoms with Crippen LogP contribution in [0.25, 0.3) is 0 Å². The maximum Gasteiger partial charge on any atom is 0.0746 e. The molecular formula is C16H24N2O. The van der Waals surface area contributed by atoms with E-state index in [1.807, 2.05) is 0 Å². The Hall–Kier alpha value is -0.900. The SMILES string of the molecule is CC1CCC2(CN(Cc3ccccc3)CCC2O)N1. The van der Waals surface area contributed by atoms with Gasteiger partial charge < -0.3 is 10.4 Å². The van der Waals surface area contributed by atoms with Crippen LogP contribution in [-0.4, -0.2) is 40.8 Å². The van der Waals surface area contributed by atoms with Gasteiger partial charge in [-0.1, -0.05) is 30.3 Å². The van der Waals surface area contributed by atoms with Gasteiger partial charge in [-0.15, -0.1) is 0 Å². The Labute approximate surface area is 115 Å². The van der Waals surface area contributed by atoms with Crippen molar-refractivity contribution in [1.29, 1.82) is 0 Å². The van der Waals surface area contributed by atoms with Gasteiger partial charge in [-0.3, -0.25) is 4.90 Å². The van der Waals surface area contributed by atoms with Gasteiger partial charge in [0.2, 0.25) is 0 Å². The summed E-state index contributed by atoms with van der Waals surface area (Å²) in [4.78, 5) is 2.48. The van der Waals surface area contributed by atoms with E-state index >= 15 is 0 Å². The Morgan fingerprint density at radius 3 is 2.79 bits per heavy atom. The number of aliphatic hydroxyl groups is 1. The molecule has 1 aromatic carbocycles. The molecule has 3 heteroatoms. The van der Waals surface area contributed by atoms with Gasteiger partial charge in [-0.25, -0.2) is 0 Å². The lowest BCUT2D eigenvalue weighted by Crippen LogP contribution is -2.62. The maximum atomic E-state index is 10.4. The minimum absolute atomic E-state index is 0.0630. The van der Waals surface area contributed by atoms with Crippen LogP contribution in [0, 0.1) is 0 Å². The Bertz CT molecular complexity index is 422. The van der Waals surface area contributed by atoms with Crippen LogP contribution in [0.1, 0.15) is 31.7 Å². The first-order chi connectivity index (χ1) is 9.18. The van der Waals surface area contributed by atoms with Gasteiger partial charge in [0.05, 0.1) is 11.6 Å². The number of nitrogens with zero attached hydrogens (tertiary/aromatic N) is 1. The number of benzene rings is 1. The highest BCUT2D eigenvalue weighted by Gasteiger charge is 2.46. The molecule has 19 heavy (non-hydrogen) atoms. The molecule has 0 amide bonds. The fourth-order valence-electron chi connectivity index (χ4n) is 3.64. The molecule has 2 saturated heterocycles. The van der Waals surface area contributed by atoms with Gasteiger partial charge in [0.1, 0.15) is 0 Å². The van der Waals surface area contributed by atoms with Crippen LogP contribution in [-0.2, 0) is 6.54 Å². The maximum absolute atomic E-state index is 10.4. The van der Waals surface area contributed by atoms with E-state index in [1.54, 1.807) is 0 Å². The lowest BCUT2D eigenvalue weighted by molar-refractivity contribution is -0.00834. The number of aliphatic hydroxyl groups excluding tert-OH is 1. The zero-order valence-corrected chi connectivity index (χ0v) is 11.7. The predicted octanol–water partition coefficient (Wildman–Crippen LogP) is 1.76.